The first-order chi connectivity index (χ1) is 17.5. The number of aromatic hydroxyl groups is 1. The molecule has 0 bridgehead atoms. The molecular weight excluding hydrogens is 460 g/mol. The number of primary amides is 1. The zero-order valence-electron chi connectivity index (χ0n) is 18.6. The van der Waals surface area contributed by atoms with Gasteiger partial charge < -0.3 is 16.2 Å². The molecule has 3 aromatic carbocycles. The average molecular weight is 478 g/mol. The predicted octanol–water partition coefficient (Wildman–Crippen LogP) is 4.29. The topological polar surface area (TPSA) is 161 Å². The molecular formula is C25H18N8O3. The highest BCUT2D eigenvalue weighted by Crippen LogP contribution is 2.38. The number of carbonyl (C=O) groups excluding carboxylic acids is 2. The van der Waals surface area contributed by atoms with E-state index in [9.17, 15) is 14.7 Å². The van der Waals surface area contributed by atoms with Gasteiger partial charge in [0.2, 0.25) is 0 Å². The molecule has 0 atom stereocenters. The predicted molar refractivity (Wildman–Crippen MR) is 132 cm³/mol. The third-order valence-electron chi connectivity index (χ3n) is 5.26. The molecule has 0 saturated heterocycles. The van der Waals surface area contributed by atoms with Crippen molar-refractivity contribution in [3.05, 3.63) is 96.4 Å². The summed E-state index contributed by atoms with van der Waals surface area (Å²) < 4.78 is 1.20. The van der Waals surface area contributed by atoms with Gasteiger partial charge in [0.25, 0.3) is 17.8 Å². The molecule has 2 aromatic heterocycles. The summed E-state index contributed by atoms with van der Waals surface area (Å²) >= 11 is 0. The minimum Gasteiger partial charge on any atom is -0.505 e. The first kappa shape index (κ1) is 22.3. The summed E-state index contributed by atoms with van der Waals surface area (Å²) in [6, 6.07) is 19.1. The Kier molecular flexibility index (Phi) is 5.85. The highest BCUT2D eigenvalue weighted by molar-refractivity contribution is 6.16. The van der Waals surface area contributed by atoms with E-state index in [0.717, 1.165) is 0 Å². The number of azo groups is 1. The minimum atomic E-state index is -0.781. The van der Waals surface area contributed by atoms with Crippen molar-refractivity contribution in [1.82, 2.24) is 19.7 Å². The molecule has 36 heavy (non-hydrogen) atoms. The van der Waals surface area contributed by atoms with Crippen molar-refractivity contribution in [3.63, 3.8) is 0 Å². The number of nitrogens with one attached hydrogen (secondary N) is 1. The lowest BCUT2D eigenvalue weighted by molar-refractivity contribution is 0.0998. The van der Waals surface area contributed by atoms with E-state index in [1.54, 1.807) is 60.7 Å². The maximum absolute atomic E-state index is 13.2. The average Bonchev–Trinajstić information content (AvgIpc) is 3.33. The monoisotopic (exact) mass is 478 g/mol. The quantitative estimate of drug-likeness (QED) is 0.309. The van der Waals surface area contributed by atoms with Gasteiger partial charge in [0.1, 0.15) is 11.3 Å². The molecule has 11 nitrogen and oxygen atoms in total. The fraction of sp³-hybridized carbons (Fsp3) is 0. The molecule has 2 amide bonds. The molecule has 0 spiro atoms. The normalized spacial score (nSPS) is 11.1. The van der Waals surface area contributed by atoms with E-state index in [0.29, 0.717) is 16.5 Å². The molecule has 0 radical (unpaired) electrons. The number of phenolic OH excluding ortho intramolecular Hbond substituents is 1. The van der Waals surface area contributed by atoms with Crippen LogP contribution in [-0.2, 0) is 0 Å². The number of benzene rings is 3. The number of hydrogen-bond acceptors (Lipinski definition) is 8. The van der Waals surface area contributed by atoms with Crippen molar-refractivity contribution in [1.29, 1.82) is 0 Å². The molecule has 0 unspecified atom stereocenters. The van der Waals surface area contributed by atoms with E-state index in [2.05, 4.69) is 30.6 Å². The van der Waals surface area contributed by atoms with Crippen LogP contribution < -0.4 is 11.1 Å². The Hall–Kier alpha value is -5.45. The van der Waals surface area contributed by atoms with Crippen LogP contribution in [0.15, 0.2) is 95.5 Å². The van der Waals surface area contributed by atoms with Crippen LogP contribution >= 0.6 is 0 Å². The van der Waals surface area contributed by atoms with Gasteiger partial charge in [0.05, 0.1) is 11.8 Å². The summed E-state index contributed by atoms with van der Waals surface area (Å²) in [5, 5.41) is 27.4. The smallest absolute Gasteiger partial charge is 0.260 e. The van der Waals surface area contributed by atoms with Crippen LogP contribution in [0.25, 0.3) is 16.7 Å². The highest BCUT2D eigenvalue weighted by atomic mass is 16.3. The Morgan fingerprint density at radius 1 is 0.944 bits per heavy atom. The van der Waals surface area contributed by atoms with E-state index in [1.807, 2.05) is 6.07 Å². The number of amides is 2. The Morgan fingerprint density at radius 2 is 1.67 bits per heavy atom. The van der Waals surface area contributed by atoms with Crippen molar-refractivity contribution in [2.24, 2.45) is 16.0 Å². The third-order valence-corrected chi connectivity index (χ3v) is 5.26. The van der Waals surface area contributed by atoms with Crippen LogP contribution in [0.5, 0.6) is 5.75 Å². The summed E-state index contributed by atoms with van der Waals surface area (Å²) in [6.07, 6.45) is 4.23. The minimum absolute atomic E-state index is 0.00376. The van der Waals surface area contributed by atoms with Crippen molar-refractivity contribution in [3.8, 4) is 11.7 Å². The Balaban J connectivity index is 1.61. The van der Waals surface area contributed by atoms with Gasteiger partial charge >= 0.3 is 0 Å². The second-order valence-corrected chi connectivity index (χ2v) is 7.57. The lowest BCUT2D eigenvalue weighted by Gasteiger charge is -2.12. The van der Waals surface area contributed by atoms with Gasteiger partial charge in [0, 0.05) is 18.1 Å². The summed E-state index contributed by atoms with van der Waals surface area (Å²) in [4.78, 5) is 33.4. The van der Waals surface area contributed by atoms with Gasteiger partial charge in [-0.25, -0.2) is 9.97 Å². The zero-order valence-corrected chi connectivity index (χ0v) is 18.6. The number of nitrogens with zero attached hydrogens (tertiary/aromatic N) is 6. The maximum atomic E-state index is 13.2. The number of anilines is 1. The molecule has 5 aromatic rings. The number of rotatable bonds is 6. The standard InChI is InChI=1S/C25H18N8O3/c26-22(35)18-14-29-33(25-27-11-6-12-28-25)23(18)32-31-19-13-15-7-4-5-10-17(15)20(21(19)34)24(36)30-16-8-2-1-3-9-16/h1-14,34H,(H2,26,35)(H,30,36)/b32-31+. The largest absolute Gasteiger partial charge is 0.505 e. The van der Waals surface area contributed by atoms with Crippen LogP contribution in [-0.4, -0.2) is 36.7 Å². The number of nitrogens with two attached hydrogens (primary N) is 1. The number of hydrogen-bond donors (Lipinski definition) is 3. The van der Waals surface area contributed by atoms with Gasteiger partial charge in [0.15, 0.2) is 11.6 Å². The molecule has 11 heteroatoms. The van der Waals surface area contributed by atoms with Crippen molar-refractivity contribution in [2.45, 2.75) is 0 Å². The van der Waals surface area contributed by atoms with Gasteiger partial charge in [-0.15, -0.1) is 10.2 Å². The van der Waals surface area contributed by atoms with E-state index < -0.39 is 11.8 Å². The molecule has 4 N–H and O–H groups in total. The first-order valence-corrected chi connectivity index (χ1v) is 10.7. The Morgan fingerprint density at radius 3 is 2.42 bits per heavy atom. The molecule has 0 saturated carbocycles. The summed E-state index contributed by atoms with van der Waals surface area (Å²) in [7, 11) is 0. The van der Waals surface area contributed by atoms with E-state index >= 15 is 0 Å². The molecule has 5 rings (SSSR count). The second-order valence-electron chi connectivity index (χ2n) is 7.57. The number of carbonyl (C=O) groups is 2. The van der Waals surface area contributed by atoms with Crippen molar-refractivity contribution >= 4 is 39.8 Å². The van der Waals surface area contributed by atoms with E-state index in [-0.39, 0.29) is 34.3 Å². The SMILES string of the molecule is NC(=O)c1cnn(-c2ncccn2)c1/N=N/c1cc2ccccc2c(C(=O)Nc2ccccc2)c1O. The highest BCUT2D eigenvalue weighted by Gasteiger charge is 2.21. The van der Waals surface area contributed by atoms with E-state index in [4.69, 9.17) is 5.73 Å². The van der Waals surface area contributed by atoms with Crippen LogP contribution in [0.1, 0.15) is 20.7 Å². The number of para-hydroxylation sites is 1. The van der Waals surface area contributed by atoms with Gasteiger partial charge in [-0.05, 0) is 35.0 Å². The summed E-state index contributed by atoms with van der Waals surface area (Å²) in [6.45, 7) is 0. The van der Waals surface area contributed by atoms with Crippen molar-refractivity contribution in [2.75, 3.05) is 5.32 Å². The van der Waals surface area contributed by atoms with Gasteiger partial charge in [-0.1, -0.05) is 42.5 Å². The molecule has 0 aliphatic rings. The summed E-state index contributed by atoms with van der Waals surface area (Å²) in [5.41, 5.74) is 6.06. The molecule has 176 valence electrons. The number of aromatic nitrogens is 4. The fourth-order valence-corrected chi connectivity index (χ4v) is 3.60. The van der Waals surface area contributed by atoms with Crippen LogP contribution in [0, 0.1) is 0 Å². The Labute approximate surface area is 204 Å². The van der Waals surface area contributed by atoms with Crippen molar-refractivity contribution < 1.29 is 14.7 Å². The van der Waals surface area contributed by atoms with Gasteiger partial charge in [-0.3, -0.25) is 9.59 Å². The number of phenols is 1. The lowest BCUT2D eigenvalue weighted by atomic mass is 10.0. The molecule has 2 heterocycles. The first-order valence-electron chi connectivity index (χ1n) is 10.7. The lowest BCUT2D eigenvalue weighted by Crippen LogP contribution is -2.12. The summed E-state index contributed by atoms with van der Waals surface area (Å²) in [5.74, 6) is -1.57. The van der Waals surface area contributed by atoms with E-state index in [1.165, 1.54) is 23.3 Å². The molecule has 0 fully saturated rings. The third kappa shape index (κ3) is 4.23. The van der Waals surface area contributed by atoms with Gasteiger partial charge in [-0.2, -0.15) is 9.78 Å². The second kappa shape index (κ2) is 9.43. The maximum Gasteiger partial charge on any atom is 0.260 e. The Bertz CT molecular complexity index is 1620. The van der Waals surface area contributed by atoms with Crippen LogP contribution in [0.4, 0.5) is 17.2 Å². The van der Waals surface area contributed by atoms with Crippen LogP contribution in [0.3, 0.4) is 0 Å². The fourth-order valence-electron chi connectivity index (χ4n) is 3.60. The number of fused-ring (bicyclic) bond motifs is 1. The van der Waals surface area contributed by atoms with Crippen LogP contribution in [0.2, 0.25) is 0 Å². The molecule has 0 aliphatic carbocycles. The zero-order chi connectivity index (χ0) is 25.1. The molecule has 0 aliphatic heterocycles.